The third kappa shape index (κ3) is 3.89. The fraction of sp³-hybridized carbons (Fsp3) is 0.471. The number of halogens is 1. The minimum Gasteiger partial charge on any atom is -0.494 e. The van der Waals surface area contributed by atoms with E-state index < -0.39 is 0 Å². The molecule has 1 aromatic carbocycles. The first kappa shape index (κ1) is 16.0. The molecule has 23 heavy (non-hydrogen) atoms. The van der Waals surface area contributed by atoms with Crippen molar-refractivity contribution in [2.45, 2.75) is 25.5 Å². The van der Waals surface area contributed by atoms with Gasteiger partial charge in [0.05, 0.1) is 19.4 Å². The molecule has 1 aliphatic rings. The van der Waals surface area contributed by atoms with E-state index in [1.807, 2.05) is 18.5 Å². The standard InChI is InChI=1S/C17H22FN3O2/c1-22-16-5-4-12(7-15(16)18)8-19-9-13-3-2-6-23-17(13)14-10-20-21-11-14/h4-5,7,10-11,13,17,19H,2-3,6,8-9H2,1H3,(H,20,21)/t13-,17+/m0/s1. The number of ether oxygens (including phenoxy) is 2. The Bertz CT molecular complexity index is 618. The highest BCUT2D eigenvalue weighted by Gasteiger charge is 2.27. The van der Waals surface area contributed by atoms with Crippen molar-refractivity contribution < 1.29 is 13.9 Å². The maximum Gasteiger partial charge on any atom is 0.165 e. The lowest BCUT2D eigenvalue weighted by Gasteiger charge is -2.31. The monoisotopic (exact) mass is 319 g/mol. The number of aromatic nitrogens is 2. The fourth-order valence-electron chi connectivity index (χ4n) is 3.06. The molecule has 124 valence electrons. The number of hydrogen-bond donors (Lipinski definition) is 2. The van der Waals surface area contributed by atoms with Gasteiger partial charge >= 0.3 is 0 Å². The Morgan fingerprint density at radius 3 is 3.13 bits per heavy atom. The number of benzene rings is 1. The third-order valence-electron chi connectivity index (χ3n) is 4.24. The van der Waals surface area contributed by atoms with Crippen LogP contribution in [0.15, 0.2) is 30.6 Å². The Kier molecular flexibility index (Phi) is 5.25. The van der Waals surface area contributed by atoms with Gasteiger partial charge in [0.25, 0.3) is 0 Å². The molecular formula is C17H22FN3O2. The maximum absolute atomic E-state index is 13.7. The topological polar surface area (TPSA) is 59.2 Å². The summed E-state index contributed by atoms with van der Waals surface area (Å²) in [4.78, 5) is 0. The number of nitrogens with zero attached hydrogens (tertiary/aromatic N) is 1. The van der Waals surface area contributed by atoms with E-state index in [9.17, 15) is 4.39 Å². The van der Waals surface area contributed by atoms with Crippen LogP contribution in [0.25, 0.3) is 0 Å². The molecule has 2 heterocycles. The number of aromatic amines is 1. The maximum atomic E-state index is 13.7. The summed E-state index contributed by atoms with van der Waals surface area (Å²) < 4.78 is 24.5. The van der Waals surface area contributed by atoms with Gasteiger partial charge in [0, 0.05) is 37.4 Å². The molecule has 1 saturated heterocycles. The normalized spacial score (nSPS) is 21.3. The molecule has 1 aliphatic heterocycles. The van der Waals surface area contributed by atoms with Gasteiger partial charge in [-0.2, -0.15) is 5.10 Å². The molecular weight excluding hydrogens is 297 g/mol. The Morgan fingerprint density at radius 1 is 1.48 bits per heavy atom. The third-order valence-corrected chi connectivity index (χ3v) is 4.24. The molecule has 6 heteroatoms. The summed E-state index contributed by atoms with van der Waals surface area (Å²) in [5.74, 6) is 0.336. The van der Waals surface area contributed by atoms with Crippen molar-refractivity contribution in [3.8, 4) is 5.75 Å². The molecule has 2 aromatic rings. The van der Waals surface area contributed by atoms with Crippen LogP contribution in [-0.4, -0.2) is 30.5 Å². The zero-order valence-electron chi connectivity index (χ0n) is 13.2. The first-order valence-corrected chi connectivity index (χ1v) is 7.91. The van der Waals surface area contributed by atoms with Crippen LogP contribution in [0, 0.1) is 11.7 Å². The Labute approximate surface area is 135 Å². The molecule has 3 rings (SSSR count). The Hall–Kier alpha value is -1.92. The number of methoxy groups -OCH3 is 1. The van der Waals surface area contributed by atoms with Gasteiger partial charge in [0.2, 0.25) is 0 Å². The van der Waals surface area contributed by atoms with Crippen LogP contribution < -0.4 is 10.1 Å². The van der Waals surface area contributed by atoms with Gasteiger partial charge in [-0.05, 0) is 30.5 Å². The summed E-state index contributed by atoms with van der Waals surface area (Å²) >= 11 is 0. The lowest BCUT2D eigenvalue weighted by atomic mass is 9.91. The van der Waals surface area contributed by atoms with E-state index in [1.54, 1.807) is 6.07 Å². The largest absolute Gasteiger partial charge is 0.494 e. The molecule has 0 spiro atoms. The minimum atomic E-state index is -0.330. The highest BCUT2D eigenvalue weighted by molar-refractivity contribution is 5.29. The molecule has 2 atom stereocenters. The SMILES string of the molecule is COc1ccc(CNC[C@@H]2CCCO[C@H]2c2cn[nH]c2)cc1F. The van der Waals surface area contributed by atoms with E-state index in [4.69, 9.17) is 9.47 Å². The van der Waals surface area contributed by atoms with Crippen molar-refractivity contribution in [1.29, 1.82) is 0 Å². The Balaban J connectivity index is 1.55. The molecule has 0 aliphatic carbocycles. The summed E-state index contributed by atoms with van der Waals surface area (Å²) in [5, 5.41) is 10.3. The van der Waals surface area contributed by atoms with Crippen LogP contribution in [-0.2, 0) is 11.3 Å². The van der Waals surface area contributed by atoms with E-state index in [-0.39, 0.29) is 17.7 Å². The molecule has 0 amide bonds. The van der Waals surface area contributed by atoms with Gasteiger partial charge in [-0.25, -0.2) is 4.39 Å². The van der Waals surface area contributed by atoms with Crippen LogP contribution in [0.2, 0.25) is 0 Å². The average Bonchev–Trinajstić information content (AvgIpc) is 3.10. The van der Waals surface area contributed by atoms with E-state index in [1.165, 1.54) is 13.2 Å². The molecule has 0 radical (unpaired) electrons. The zero-order chi connectivity index (χ0) is 16.1. The molecule has 1 aromatic heterocycles. The van der Waals surface area contributed by atoms with Gasteiger partial charge < -0.3 is 14.8 Å². The lowest BCUT2D eigenvalue weighted by molar-refractivity contribution is -0.0278. The van der Waals surface area contributed by atoms with Crippen molar-refractivity contribution in [3.05, 3.63) is 47.5 Å². The van der Waals surface area contributed by atoms with Gasteiger partial charge in [-0.1, -0.05) is 6.07 Å². The summed E-state index contributed by atoms with van der Waals surface area (Å²) in [6, 6.07) is 5.04. The van der Waals surface area contributed by atoms with Crippen molar-refractivity contribution in [1.82, 2.24) is 15.5 Å². The predicted molar refractivity (Wildman–Crippen MR) is 84.7 cm³/mol. The second-order valence-corrected chi connectivity index (χ2v) is 5.83. The molecule has 5 nitrogen and oxygen atoms in total. The van der Waals surface area contributed by atoms with Crippen molar-refractivity contribution in [2.75, 3.05) is 20.3 Å². The zero-order valence-corrected chi connectivity index (χ0v) is 13.2. The number of rotatable bonds is 6. The first-order chi connectivity index (χ1) is 11.3. The van der Waals surface area contributed by atoms with Crippen molar-refractivity contribution in [3.63, 3.8) is 0 Å². The number of hydrogen-bond acceptors (Lipinski definition) is 4. The first-order valence-electron chi connectivity index (χ1n) is 7.91. The molecule has 0 saturated carbocycles. The number of H-pyrrole nitrogens is 1. The van der Waals surface area contributed by atoms with Crippen LogP contribution in [0.1, 0.15) is 30.1 Å². The summed E-state index contributed by atoms with van der Waals surface area (Å²) in [6.07, 6.45) is 5.96. The second-order valence-electron chi connectivity index (χ2n) is 5.83. The van der Waals surface area contributed by atoms with E-state index in [0.29, 0.717) is 12.5 Å². The average molecular weight is 319 g/mol. The summed E-state index contributed by atoms with van der Waals surface area (Å²) in [5.41, 5.74) is 1.99. The minimum absolute atomic E-state index is 0.0719. The van der Waals surface area contributed by atoms with Crippen LogP contribution in [0.3, 0.4) is 0 Å². The fourth-order valence-corrected chi connectivity index (χ4v) is 3.06. The van der Waals surface area contributed by atoms with E-state index >= 15 is 0 Å². The Morgan fingerprint density at radius 2 is 2.39 bits per heavy atom. The predicted octanol–water partition coefficient (Wildman–Crippen LogP) is 2.81. The highest BCUT2D eigenvalue weighted by atomic mass is 19.1. The quantitative estimate of drug-likeness (QED) is 0.859. The van der Waals surface area contributed by atoms with Crippen molar-refractivity contribution in [2.24, 2.45) is 5.92 Å². The summed E-state index contributed by atoms with van der Waals surface area (Å²) in [6.45, 7) is 2.23. The van der Waals surface area contributed by atoms with Gasteiger partial charge in [0.1, 0.15) is 0 Å². The smallest absolute Gasteiger partial charge is 0.165 e. The van der Waals surface area contributed by atoms with Crippen LogP contribution in [0.5, 0.6) is 5.75 Å². The van der Waals surface area contributed by atoms with Crippen LogP contribution >= 0.6 is 0 Å². The molecule has 1 fully saturated rings. The van der Waals surface area contributed by atoms with Gasteiger partial charge in [-0.3, -0.25) is 5.10 Å². The molecule has 0 unspecified atom stereocenters. The summed E-state index contributed by atoms with van der Waals surface area (Å²) in [7, 11) is 1.47. The van der Waals surface area contributed by atoms with Gasteiger partial charge in [-0.15, -0.1) is 0 Å². The van der Waals surface area contributed by atoms with Crippen molar-refractivity contribution >= 4 is 0 Å². The lowest BCUT2D eigenvalue weighted by Crippen LogP contribution is -2.31. The second kappa shape index (κ2) is 7.57. The number of nitrogens with one attached hydrogen (secondary N) is 2. The van der Waals surface area contributed by atoms with E-state index in [2.05, 4.69) is 15.5 Å². The molecule has 2 N–H and O–H groups in total. The van der Waals surface area contributed by atoms with Crippen LogP contribution in [0.4, 0.5) is 4.39 Å². The highest BCUT2D eigenvalue weighted by Crippen LogP contribution is 2.32. The van der Waals surface area contributed by atoms with Gasteiger partial charge in [0.15, 0.2) is 11.6 Å². The van der Waals surface area contributed by atoms with E-state index in [0.717, 1.165) is 37.1 Å². The molecule has 0 bridgehead atoms.